The third kappa shape index (κ3) is 3.29. The van der Waals surface area contributed by atoms with Gasteiger partial charge >= 0.3 is 0 Å². The molecular weight excluding hydrogens is 228 g/mol. The Hall–Kier alpha value is -0.940. The minimum absolute atomic E-state index is 0.305. The Labute approximate surface area is 109 Å². The summed E-state index contributed by atoms with van der Waals surface area (Å²) in [4.78, 5) is 0. The Morgan fingerprint density at radius 1 is 1.33 bits per heavy atom. The molecule has 1 atom stereocenters. The van der Waals surface area contributed by atoms with Crippen molar-refractivity contribution in [3.05, 3.63) is 11.6 Å². The lowest BCUT2D eigenvalue weighted by atomic mass is 10.1. The molecule has 1 aliphatic rings. The van der Waals surface area contributed by atoms with E-state index in [2.05, 4.69) is 28.6 Å². The van der Waals surface area contributed by atoms with Crippen molar-refractivity contribution in [1.82, 2.24) is 14.8 Å². The normalized spacial score (nSPS) is 20.6. The quantitative estimate of drug-likeness (QED) is 0.862. The SMILES string of the molecule is CC(C)Cn1c(CN)nnc1CC1CCCCO1. The molecule has 1 aliphatic heterocycles. The lowest BCUT2D eigenvalue weighted by Crippen LogP contribution is -2.24. The molecule has 0 aliphatic carbocycles. The molecule has 0 bridgehead atoms. The van der Waals surface area contributed by atoms with Gasteiger partial charge in [0.25, 0.3) is 0 Å². The molecule has 1 unspecified atom stereocenters. The monoisotopic (exact) mass is 252 g/mol. The fourth-order valence-corrected chi connectivity index (χ4v) is 2.42. The molecule has 18 heavy (non-hydrogen) atoms. The second-order valence-electron chi connectivity index (χ2n) is 5.43. The standard InChI is InChI=1S/C13H24N4O/c1-10(2)9-17-12(15-16-13(17)8-14)7-11-5-3-4-6-18-11/h10-11H,3-9,14H2,1-2H3. The highest BCUT2D eigenvalue weighted by atomic mass is 16.5. The Morgan fingerprint density at radius 3 is 2.72 bits per heavy atom. The van der Waals surface area contributed by atoms with E-state index >= 15 is 0 Å². The summed E-state index contributed by atoms with van der Waals surface area (Å²) in [7, 11) is 0. The Morgan fingerprint density at radius 2 is 2.11 bits per heavy atom. The van der Waals surface area contributed by atoms with E-state index in [4.69, 9.17) is 10.5 Å². The summed E-state index contributed by atoms with van der Waals surface area (Å²) in [5, 5.41) is 8.47. The maximum atomic E-state index is 5.77. The third-order valence-electron chi connectivity index (χ3n) is 3.32. The van der Waals surface area contributed by atoms with Crippen molar-refractivity contribution < 1.29 is 4.74 Å². The van der Waals surface area contributed by atoms with Crippen molar-refractivity contribution in [2.45, 2.75) is 58.7 Å². The fourth-order valence-electron chi connectivity index (χ4n) is 2.42. The highest BCUT2D eigenvalue weighted by Crippen LogP contribution is 2.17. The van der Waals surface area contributed by atoms with Crippen LogP contribution in [0, 0.1) is 5.92 Å². The first-order chi connectivity index (χ1) is 8.70. The van der Waals surface area contributed by atoms with Crippen LogP contribution in [0.5, 0.6) is 0 Å². The van der Waals surface area contributed by atoms with E-state index in [1.165, 1.54) is 12.8 Å². The van der Waals surface area contributed by atoms with E-state index in [0.717, 1.165) is 37.6 Å². The van der Waals surface area contributed by atoms with Crippen LogP contribution in [-0.2, 0) is 24.2 Å². The minimum atomic E-state index is 0.305. The number of nitrogens with two attached hydrogens (primary N) is 1. The summed E-state index contributed by atoms with van der Waals surface area (Å²) in [5.74, 6) is 2.47. The van der Waals surface area contributed by atoms with Crippen molar-refractivity contribution in [1.29, 1.82) is 0 Å². The first-order valence-corrected chi connectivity index (χ1v) is 6.93. The van der Waals surface area contributed by atoms with E-state index in [0.29, 0.717) is 18.6 Å². The van der Waals surface area contributed by atoms with Crippen LogP contribution in [-0.4, -0.2) is 27.5 Å². The Balaban J connectivity index is 2.08. The first kappa shape index (κ1) is 13.5. The van der Waals surface area contributed by atoms with Gasteiger partial charge in [-0.15, -0.1) is 10.2 Å². The Bertz CT molecular complexity index is 369. The fraction of sp³-hybridized carbons (Fsp3) is 0.846. The number of rotatable bonds is 5. The molecule has 5 heteroatoms. The highest BCUT2D eigenvalue weighted by molar-refractivity contribution is 4.98. The summed E-state index contributed by atoms with van der Waals surface area (Å²) in [5.41, 5.74) is 5.72. The zero-order valence-electron chi connectivity index (χ0n) is 11.4. The van der Waals surface area contributed by atoms with Crippen LogP contribution in [0.1, 0.15) is 44.8 Å². The first-order valence-electron chi connectivity index (χ1n) is 6.93. The van der Waals surface area contributed by atoms with Crippen LogP contribution in [0.3, 0.4) is 0 Å². The number of nitrogens with zero attached hydrogens (tertiary/aromatic N) is 3. The molecule has 0 spiro atoms. The molecule has 0 aromatic carbocycles. The molecule has 2 N–H and O–H groups in total. The van der Waals surface area contributed by atoms with E-state index in [1.54, 1.807) is 0 Å². The topological polar surface area (TPSA) is 66.0 Å². The predicted octanol–water partition coefficient (Wildman–Crippen LogP) is 1.50. The molecule has 2 heterocycles. The summed E-state index contributed by atoms with van der Waals surface area (Å²) < 4.78 is 7.94. The molecule has 0 saturated carbocycles. The molecule has 2 rings (SSSR count). The average molecular weight is 252 g/mol. The largest absolute Gasteiger partial charge is 0.378 e. The molecule has 102 valence electrons. The summed E-state index contributed by atoms with van der Waals surface area (Å²) >= 11 is 0. The number of hydrogen-bond acceptors (Lipinski definition) is 4. The van der Waals surface area contributed by atoms with Gasteiger partial charge in [0.1, 0.15) is 11.6 Å². The van der Waals surface area contributed by atoms with Crippen molar-refractivity contribution in [3.63, 3.8) is 0 Å². The maximum Gasteiger partial charge on any atom is 0.146 e. The van der Waals surface area contributed by atoms with Crippen LogP contribution >= 0.6 is 0 Å². The van der Waals surface area contributed by atoms with Gasteiger partial charge in [0, 0.05) is 19.6 Å². The van der Waals surface area contributed by atoms with Gasteiger partial charge in [-0.25, -0.2) is 0 Å². The molecule has 0 radical (unpaired) electrons. The smallest absolute Gasteiger partial charge is 0.146 e. The Kier molecular flexibility index (Phi) is 4.72. The van der Waals surface area contributed by atoms with E-state index in [1.807, 2.05) is 0 Å². The average Bonchev–Trinajstić information content (AvgIpc) is 2.72. The van der Waals surface area contributed by atoms with E-state index < -0.39 is 0 Å². The summed E-state index contributed by atoms with van der Waals surface area (Å²) in [6.45, 7) is 6.65. The van der Waals surface area contributed by atoms with Crippen LogP contribution in [0.4, 0.5) is 0 Å². The zero-order chi connectivity index (χ0) is 13.0. The predicted molar refractivity (Wildman–Crippen MR) is 70.0 cm³/mol. The van der Waals surface area contributed by atoms with Crippen molar-refractivity contribution in [2.24, 2.45) is 11.7 Å². The molecular formula is C13H24N4O. The number of ether oxygens (including phenoxy) is 1. The summed E-state index contributed by atoms with van der Waals surface area (Å²) in [6.07, 6.45) is 4.74. The van der Waals surface area contributed by atoms with Gasteiger partial charge in [-0.05, 0) is 25.2 Å². The number of hydrogen-bond donors (Lipinski definition) is 1. The van der Waals surface area contributed by atoms with Crippen LogP contribution in [0.15, 0.2) is 0 Å². The van der Waals surface area contributed by atoms with Crippen LogP contribution in [0.2, 0.25) is 0 Å². The van der Waals surface area contributed by atoms with Crippen LogP contribution in [0.25, 0.3) is 0 Å². The van der Waals surface area contributed by atoms with Gasteiger partial charge in [0.2, 0.25) is 0 Å². The molecule has 1 aromatic heterocycles. The lowest BCUT2D eigenvalue weighted by Gasteiger charge is -2.22. The van der Waals surface area contributed by atoms with Crippen molar-refractivity contribution >= 4 is 0 Å². The van der Waals surface area contributed by atoms with Crippen LogP contribution < -0.4 is 5.73 Å². The summed E-state index contributed by atoms with van der Waals surface area (Å²) in [6, 6.07) is 0. The maximum absolute atomic E-state index is 5.77. The third-order valence-corrected chi connectivity index (χ3v) is 3.32. The molecule has 0 amide bonds. The van der Waals surface area contributed by atoms with E-state index in [-0.39, 0.29) is 0 Å². The zero-order valence-corrected chi connectivity index (χ0v) is 11.4. The second kappa shape index (κ2) is 6.29. The molecule has 1 saturated heterocycles. The lowest BCUT2D eigenvalue weighted by molar-refractivity contribution is 0.0150. The number of aromatic nitrogens is 3. The van der Waals surface area contributed by atoms with Gasteiger partial charge in [0.05, 0.1) is 12.6 Å². The van der Waals surface area contributed by atoms with E-state index in [9.17, 15) is 0 Å². The van der Waals surface area contributed by atoms with Gasteiger partial charge < -0.3 is 15.0 Å². The van der Waals surface area contributed by atoms with Gasteiger partial charge in [-0.3, -0.25) is 0 Å². The van der Waals surface area contributed by atoms with Crippen molar-refractivity contribution in [2.75, 3.05) is 6.61 Å². The molecule has 1 fully saturated rings. The second-order valence-corrected chi connectivity index (χ2v) is 5.43. The minimum Gasteiger partial charge on any atom is -0.378 e. The van der Waals surface area contributed by atoms with Crippen molar-refractivity contribution in [3.8, 4) is 0 Å². The molecule has 1 aromatic rings. The van der Waals surface area contributed by atoms with Gasteiger partial charge in [-0.2, -0.15) is 0 Å². The van der Waals surface area contributed by atoms with Gasteiger partial charge in [0.15, 0.2) is 0 Å². The molecule has 5 nitrogen and oxygen atoms in total. The van der Waals surface area contributed by atoms with Gasteiger partial charge in [-0.1, -0.05) is 13.8 Å². The highest BCUT2D eigenvalue weighted by Gasteiger charge is 2.19.